The highest BCUT2D eigenvalue weighted by Gasteiger charge is 2.24. The van der Waals surface area contributed by atoms with Gasteiger partial charge in [-0.1, -0.05) is 24.6 Å². The molecule has 0 radical (unpaired) electrons. The Morgan fingerprint density at radius 2 is 1.96 bits per heavy atom. The molecule has 1 aliphatic rings. The van der Waals surface area contributed by atoms with Gasteiger partial charge in [-0.2, -0.15) is 5.10 Å². The monoisotopic (exact) mass is 378 g/mol. The van der Waals surface area contributed by atoms with Crippen LogP contribution in [0.25, 0.3) is 5.82 Å². The van der Waals surface area contributed by atoms with Gasteiger partial charge in [0.05, 0.1) is 25.5 Å². The van der Waals surface area contributed by atoms with Crippen molar-refractivity contribution in [2.75, 3.05) is 32.1 Å². The van der Waals surface area contributed by atoms with Crippen molar-refractivity contribution < 1.29 is 4.74 Å². The van der Waals surface area contributed by atoms with E-state index in [2.05, 4.69) is 37.4 Å². The topological polar surface area (TPSA) is 68.1 Å². The van der Waals surface area contributed by atoms with Crippen molar-refractivity contribution in [3.63, 3.8) is 0 Å². The largest absolute Gasteiger partial charge is 0.496 e. The first-order chi connectivity index (χ1) is 13.8. The number of benzene rings is 1. The van der Waals surface area contributed by atoms with Gasteiger partial charge < -0.3 is 10.1 Å². The van der Waals surface area contributed by atoms with Crippen molar-refractivity contribution in [3.05, 3.63) is 60.7 Å². The molecule has 1 saturated heterocycles. The predicted octanol–water partition coefficient (Wildman–Crippen LogP) is 3.31. The first-order valence-corrected chi connectivity index (χ1v) is 9.78. The van der Waals surface area contributed by atoms with Crippen LogP contribution in [0.15, 0.2) is 55.1 Å². The van der Waals surface area contributed by atoms with E-state index >= 15 is 0 Å². The quantitative estimate of drug-likeness (QED) is 0.680. The van der Waals surface area contributed by atoms with Gasteiger partial charge in [0, 0.05) is 24.5 Å². The summed E-state index contributed by atoms with van der Waals surface area (Å²) >= 11 is 0. The second-order valence-corrected chi connectivity index (χ2v) is 6.95. The van der Waals surface area contributed by atoms with E-state index in [1.54, 1.807) is 30.4 Å². The highest BCUT2D eigenvalue weighted by Crippen LogP contribution is 2.31. The first kappa shape index (κ1) is 18.4. The van der Waals surface area contributed by atoms with Crippen LogP contribution in [-0.2, 0) is 0 Å². The molecule has 0 bridgehead atoms. The summed E-state index contributed by atoms with van der Waals surface area (Å²) in [7, 11) is 1.73. The zero-order valence-corrected chi connectivity index (χ0v) is 16.2. The van der Waals surface area contributed by atoms with Crippen LogP contribution >= 0.6 is 0 Å². The number of anilines is 1. The highest BCUT2D eigenvalue weighted by molar-refractivity contribution is 5.40. The molecule has 1 aromatic carbocycles. The van der Waals surface area contributed by atoms with Gasteiger partial charge in [0.25, 0.3) is 0 Å². The van der Waals surface area contributed by atoms with Gasteiger partial charge >= 0.3 is 0 Å². The molecule has 7 heteroatoms. The smallest absolute Gasteiger partial charge is 0.173 e. The van der Waals surface area contributed by atoms with E-state index in [1.807, 2.05) is 24.4 Å². The number of ether oxygens (including phenoxy) is 1. The third-order valence-electron chi connectivity index (χ3n) is 5.17. The molecular formula is C21H26N6O. The molecule has 4 rings (SSSR count). The Morgan fingerprint density at radius 1 is 1.11 bits per heavy atom. The number of aromatic nitrogens is 4. The molecule has 2 aromatic heterocycles. The Hall–Kier alpha value is -2.93. The number of para-hydroxylation sites is 1. The molecular weight excluding hydrogens is 352 g/mol. The average molecular weight is 378 g/mol. The maximum Gasteiger partial charge on any atom is 0.173 e. The molecule has 7 nitrogen and oxygen atoms in total. The fraction of sp³-hybridized carbons (Fsp3) is 0.381. The van der Waals surface area contributed by atoms with Crippen LogP contribution in [0.2, 0.25) is 0 Å². The van der Waals surface area contributed by atoms with E-state index in [0.29, 0.717) is 5.82 Å². The number of rotatable bonds is 7. The molecule has 1 unspecified atom stereocenters. The van der Waals surface area contributed by atoms with Crippen LogP contribution in [0.4, 0.5) is 5.82 Å². The summed E-state index contributed by atoms with van der Waals surface area (Å²) < 4.78 is 7.35. The number of likely N-dealkylation sites (tertiary alicyclic amines) is 1. The zero-order valence-electron chi connectivity index (χ0n) is 16.2. The molecule has 146 valence electrons. The minimum Gasteiger partial charge on any atom is -0.496 e. The van der Waals surface area contributed by atoms with Crippen LogP contribution in [0.3, 0.4) is 0 Å². The van der Waals surface area contributed by atoms with Gasteiger partial charge in [0.1, 0.15) is 11.6 Å². The van der Waals surface area contributed by atoms with E-state index in [0.717, 1.165) is 31.2 Å². The van der Waals surface area contributed by atoms with Crippen LogP contribution in [0, 0.1) is 0 Å². The van der Waals surface area contributed by atoms with Gasteiger partial charge in [-0.3, -0.25) is 9.88 Å². The predicted molar refractivity (Wildman–Crippen MR) is 109 cm³/mol. The van der Waals surface area contributed by atoms with Crippen molar-refractivity contribution in [1.29, 1.82) is 0 Å². The van der Waals surface area contributed by atoms with E-state index in [-0.39, 0.29) is 6.04 Å². The minimum atomic E-state index is 0.214. The maximum absolute atomic E-state index is 5.64. The lowest BCUT2D eigenvalue weighted by Gasteiger charge is -2.35. The fourth-order valence-electron chi connectivity index (χ4n) is 3.76. The molecule has 0 saturated carbocycles. The van der Waals surface area contributed by atoms with Gasteiger partial charge in [0.2, 0.25) is 0 Å². The van der Waals surface area contributed by atoms with Gasteiger partial charge in [0.15, 0.2) is 5.82 Å². The van der Waals surface area contributed by atoms with Crippen molar-refractivity contribution in [2.45, 2.75) is 25.3 Å². The summed E-state index contributed by atoms with van der Waals surface area (Å²) in [6, 6.07) is 10.4. The van der Waals surface area contributed by atoms with E-state index in [1.165, 1.54) is 24.8 Å². The number of hydrogen-bond acceptors (Lipinski definition) is 6. The first-order valence-electron chi connectivity index (χ1n) is 9.78. The normalized spacial score (nSPS) is 15.9. The SMILES string of the molecule is COc1ccccc1C(CNc1cncc(-n2cccn2)n1)N1CCCCC1. The standard InChI is InChI=1S/C21H26N6O/c1-28-19-9-4-3-8-17(19)18(26-11-5-2-6-12-26)14-23-20-15-22-16-21(25-20)27-13-7-10-24-27/h3-4,7-10,13,15-16,18H,2,5-6,11-12,14H2,1H3,(H,23,25). The molecule has 3 aromatic rings. The molecule has 1 fully saturated rings. The second kappa shape index (κ2) is 8.84. The van der Waals surface area contributed by atoms with E-state index in [4.69, 9.17) is 4.74 Å². The summed E-state index contributed by atoms with van der Waals surface area (Å²) in [6.45, 7) is 2.93. The lowest BCUT2D eigenvalue weighted by molar-refractivity contribution is 0.167. The van der Waals surface area contributed by atoms with E-state index < -0.39 is 0 Å². The molecule has 28 heavy (non-hydrogen) atoms. The molecule has 1 atom stereocenters. The molecule has 0 spiro atoms. The van der Waals surface area contributed by atoms with Crippen LogP contribution in [0.5, 0.6) is 5.75 Å². The highest BCUT2D eigenvalue weighted by atomic mass is 16.5. The Morgan fingerprint density at radius 3 is 2.75 bits per heavy atom. The fourth-order valence-corrected chi connectivity index (χ4v) is 3.76. The van der Waals surface area contributed by atoms with Crippen molar-refractivity contribution in [3.8, 4) is 11.6 Å². The van der Waals surface area contributed by atoms with Crippen LogP contribution < -0.4 is 10.1 Å². The maximum atomic E-state index is 5.64. The Kier molecular flexibility index (Phi) is 5.82. The van der Waals surface area contributed by atoms with Crippen molar-refractivity contribution >= 4 is 5.82 Å². The van der Waals surface area contributed by atoms with Crippen LogP contribution in [0.1, 0.15) is 30.9 Å². The van der Waals surface area contributed by atoms with Gasteiger partial charge in [-0.15, -0.1) is 0 Å². The second-order valence-electron chi connectivity index (χ2n) is 6.95. The van der Waals surface area contributed by atoms with Crippen molar-refractivity contribution in [1.82, 2.24) is 24.6 Å². The number of hydrogen-bond donors (Lipinski definition) is 1. The third-order valence-corrected chi connectivity index (χ3v) is 5.17. The summed E-state index contributed by atoms with van der Waals surface area (Å²) in [4.78, 5) is 11.5. The summed E-state index contributed by atoms with van der Waals surface area (Å²) in [6.07, 6.45) is 10.8. The molecule has 0 amide bonds. The Balaban J connectivity index is 1.55. The molecule has 1 N–H and O–H groups in total. The summed E-state index contributed by atoms with van der Waals surface area (Å²) in [5.41, 5.74) is 1.20. The summed E-state index contributed by atoms with van der Waals surface area (Å²) in [5, 5.41) is 7.71. The van der Waals surface area contributed by atoms with Gasteiger partial charge in [-0.25, -0.2) is 9.67 Å². The van der Waals surface area contributed by atoms with Crippen molar-refractivity contribution in [2.24, 2.45) is 0 Å². The number of nitrogens with zero attached hydrogens (tertiary/aromatic N) is 5. The zero-order chi connectivity index (χ0) is 19.2. The number of nitrogens with one attached hydrogen (secondary N) is 1. The van der Waals surface area contributed by atoms with Gasteiger partial charge in [-0.05, 0) is 38.1 Å². The number of methoxy groups -OCH3 is 1. The minimum absolute atomic E-state index is 0.214. The Bertz CT molecular complexity index is 876. The third kappa shape index (κ3) is 4.14. The number of piperidine rings is 1. The molecule has 3 heterocycles. The van der Waals surface area contributed by atoms with Crippen LogP contribution in [-0.4, -0.2) is 51.4 Å². The molecule has 1 aliphatic heterocycles. The van der Waals surface area contributed by atoms with E-state index in [9.17, 15) is 0 Å². The summed E-state index contributed by atoms with van der Waals surface area (Å²) in [5.74, 6) is 2.36. The molecule has 0 aliphatic carbocycles. The average Bonchev–Trinajstić information content (AvgIpc) is 3.30. The lowest BCUT2D eigenvalue weighted by atomic mass is 10.0. The lowest BCUT2D eigenvalue weighted by Crippen LogP contribution is -2.37. The Labute approximate surface area is 165 Å².